The molecule has 0 aliphatic heterocycles. The molecule has 1 heterocycles. The van der Waals surface area contributed by atoms with Gasteiger partial charge in [-0.3, -0.25) is 4.79 Å². The van der Waals surface area contributed by atoms with E-state index < -0.39 is 0 Å². The van der Waals surface area contributed by atoms with Gasteiger partial charge in [0.15, 0.2) is 5.16 Å². The fourth-order valence-corrected chi connectivity index (χ4v) is 3.02. The smallest absolute Gasteiger partial charge is 0.233 e. The van der Waals surface area contributed by atoms with Crippen LogP contribution in [0, 0.1) is 0 Å². The van der Waals surface area contributed by atoms with E-state index in [-0.39, 0.29) is 5.91 Å². The molecule has 0 aliphatic carbocycles. The molecule has 1 aromatic heterocycles. The zero-order valence-electron chi connectivity index (χ0n) is 14.1. The van der Waals surface area contributed by atoms with Crippen molar-refractivity contribution in [2.24, 2.45) is 7.05 Å². The van der Waals surface area contributed by atoms with Crippen LogP contribution in [0.5, 0.6) is 0 Å². The van der Waals surface area contributed by atoms with Gasteiger partial charge in [-0.1, -0.05) is 36.0 Å². The molecule has 0 bridgehead atoms. The van der Waals surface area contributed by atoms with Crippen molar-refractivity contribution in [3.63, 3.8) is 0 Å². The zero-order chi connectivity index (χ0) is 16.8. The molecule has 0 saturated heterocycles. The monoisotopic (exact) mass is 333 g/mol. The highest BCUT2D eigenvalue weighted by atomic mass is 32.2. The highest BCUT2D eigenvalue weighted by Crippen LogP contribution is 2.16. The van der Waals surface area contributed by atoms with Gasteiger partial charge in [0, 0.05) is 27.2 Å². The van der Waals surface area contributed by atoms with E-state index in [0.29, 0.717) is 12.3 Å². The van der Waals surface area contributed by atoms with Gasteiger partial charge in [0.2, 0.25) is 5.91 Å². The topological polar surface area (TPSA) is 54.3 Å². The van der Waals surface area contributed by atoms with Crippen molar-refractivity contribution in [1.82, 2.24) is 24.6 Å². The van der Waals surface area contributed by atoms with E-state index in [4.69, 9.17) is 0 Å². The van der Waals surface area contributed by atoms with E-state index in [1.54, 1.807) is 11.2 Å². The number of amides is 1. The minimum absolute atomic E-state index is 0.0812. The van der Waals surface area contributed by atoms with Crippen molar-refractivity contribution >= 4 is 17.7 Å². The molecular weight excluding hydrogens is 310 g/mol. The fraction of sp³-hybridized carbons (Fsp3) is 0.438. The molecule has 0 radical (unpaired) electrons. The van der Waals surface area contributed by atoms with Crippen molar-refractivity contribution in [1.29, 1.82) is 0 Å². The van der Waals surface area contributed by atoms with Gasteiger partial charge in [-0.05, 0) is 25.2 Å². The summed E-state index contributed by atoms with van der Waals surface area (Å²) < 4.78 is 1.81. The first-order valence-electron chi connectivity index (χ1n) is 7.39. The van der Waals surface area contributed by atoms with Crippen LogP contribution < -0.4 is 0 Å². The Morgan fingerprint density at radius 1 is 1.17 bits per heavy atom. The molecule has 0 fully saturated rings. The Morgan fingerprint density at radius 3 is 2.39 bits per heavy atom. The number of carbonyl (C=O) groups excluding carboxylic acids is 1. The number of hydrogen-bond acceptors (Lipinski definition) is 5. The minimum Gasteiger partial charge on any atom is -0.341 e. The Morgan fingerprint density at radius 2 is 1.83 bits per heavy atom. The van der Waals surface area contributed by atoms with Gasteiger partial charge in [-0.25, -0.2) is 0 Å². The lowest BCUT2D eigenvalue weighted by Crippen LogP contribution is -2.28. The summed E-state index contributed by atoms with van der Waals surface area (Å²) in [7, 11) is 7.80. The highest BCUT2D eigenvalue weighted by Gasteiger charge is 2.13. The first-order chi connectivity index (χ1) is 11.0. The average Bonchev–Trinajstić information content (AvgIpc) is 2.91. The summed E-state index contributed by atoms with van der Waals surface area (Å²) in [5.41, 5.74) is 2.43. The summed E-state index contributed by atoms with van der Waals surface area (Å²) in [4.78, 5) is 16.2. The Bertz CT molecular complexity index is 655. The predicted octanol–water partition coefficient (Wildman–Crippen LogP) is 1.63. The third kappa shape index (κ3) is 5.07. The Labute approximate surface area is 141 Å². The number of aromatic nitrogens is 3. The maximum absolute atomic E-state index is 12.3. The van der Waals surface area contributed by atoms with Crippen LogP contribution in [0.4, 0.5) is 0 Å². The second kappa shape index (κ2) is 8.12. The molecule has 0 N–H and O–H groups in total. The van der Waals surface area contributed by atoms with Crippen LogP contribution in [-0.4, -0.2) is 57.4 Å². The molecule has 124 valence electrons. The first kappa shape index (κ1) is 17.5. The summed E-state index contributed by atoms with van der Waals surface area (Å²) in [5.74, 6) is 0.441. The second-order valence-corrected chi connectivity index (χ2v) is 6.71. The van der Waals surface area contributed by atoms with E-state index >= 15 is 0 Å². The lowest BCUT2D eigenvalue weighted by atomic mass is 10.1. The average molecular weight is 333 g/mol. The normalized spacial score (nSPS) is 11.0. The molecular formula is C16H23N5OS. The number of carbonyl (C=O) groups is 1. The quantitative estimate of drug-likeness (QED) is 0.721. The number of hydrogen-bond donors (Lipinski definition) is 0. The number of rotatable bonds is 7. The molecule has 2 rings (SSSR count). The molecule has 1 amide bonds. The molecule has 6 nitrogen and oxygen atoms in total. The van der Waals surface area contributed by atoms with Crippen molar-refractivity contribution in [3.05, 3.63) is 41.7 Å². The van der Waals surface area contributed by atoms with Crippen LogP contribution >= 0.6 is 11.8 Å². The Hall–Kier alpha value is -1.86. The largest absolute Gasteiger partial charge is 0.341 e. The predicted molar refractivity (Wildman–Crippen MR) is 92.0 cm³/mol. The summed E-state index contributed by atoms with van der Waals surface area (Å²) in [5, 5.41) is 8.54. The van der Waals surface area contributed by atoms with Crippen LogP contribution in [0.3, 0.4) is 0 Å². The summed E-state index contributed by atoms with van der Waals surface area (Å²) >= 11 is 1.41. The van der Waals surface area contributed by atoms with E-state index in [0.717, 1.165) is 11.7 Å². The molecule has 0 spiro atoms. The zero-order valence-corrected chi connectivity index (χ0v) is 14.9. The standard InChI is InChI=1S/C16H23N5OS/c1-19(2)9-13-7-5-6-8-14(13)10-20(3)15(22)11-23-16-18-17-12-21(16)4/h5-8,12H,9-11H2,1-4H3. The Kier molecular flexibility index (Phi) is 6.18. The van der Waals surface area contributed by atoms with Crippen LogP contribution in [0.15, 0.2) is 35.7 Å². The second-order valence-electron chi connectivity index (χ2n) is 5.77. The van der Waals surface area contributed by atoms with Crippen LogP contribution in [0.2, 0.25) is 0 Å². The van der Waals surface area contributed by atoms with Gasteiger partial charge in [-0.15, -0.1) is 10.2 Å². The van der Waals surface area contributed by atoms with Crippen molar-refractivity contribution in [2.75, 3.05) is 26.9 Å². The van der Waals surface area contributed by atoms with Crippen molar-refractivity contribution in [2.45, 2.75) is 18.2 Å². The third-order valence-electron chi connectivity index (χ3n) is 3.43. The van der Waals surface area contributed by atoms with Crippen LogP contribution in [0.1, 0.15) is 11.1 Å². The maximum atomic E-state index is 12.3. The summed E-state index contributed by atoms with van der Waals surface area (Å²) in [6.45, 7) is 1.48. The van der Waals surface area contributed by atoms with Gasteiger partial charge in [0.05, 0.1) is 5.75 Å². The minimum atomic E-state index is 0.0812. The van der Waals surface area contributed by atoms with Crippen molar-refractivity contribution in [3.8, 4) is 0 Å². The van der Waals surface area contributed by atoms with E-state index in [2.05, 4.69) is 27.2 Å². The molecule has 0 unspecified atom stereocenters. The number of thioether (sulfide) groups is 1. The van der Waals surface area contributed by atoms with E-state index in [1.165, 1.54) is 22.9 Å². The SMILES string of the molecule is CN(C)Cc1ccccc1CN(C)C(=O)CSc1nncn1C. The lowest BCUT2D eigenvalue weighted by molar-refractivity contribution is -0.127. The van der Waals surface area contributed by atoms with Gasteiger partial charge in [0.25, 0.3) is 0 Å². The van der Waals surface area contributed by atoms with Crippen molar-refractivity contribution < 1.29 is 4.79 Å². The molecule has 2 aromatic rings. The number of aryl methyl sites for hydroxylation is 1. The van der Waals surface area contributed by atoms with Crippen LogP contribution in [0.25, 0.3) is 0 Å². The third-order valence-corrected chi connectivity index (χ3v) is 4.45. The van der Waals surface area contributed by atoms with Gasteiger partial charge < -0.3 is 14.4 Å². The number of nitrogens with zero attached hydrogens (tertiary/aromatic N) is 5. The molecule has 0 atom stereocenters. The van der Waals surface area contributed by atoms with E-state index in [9.17, 15) is 4.79 Å². The molecule has 0 aliphatic rings. The van der Waals surface area contributed by atoms with Gasteiger partial charge in [-0.2, -0.15) is 0 Å². The van der Waals surface area contributed by atoms with Gasteiger partial charge in [0.1, 0.15) is 6.33 Å². The number of benzene rings is 1. The summed E-state index contributed by atoms with van der Waals surface area (Å²) in [6.07, 6.45) is 1.63. The maximum Gasteiger partial charge on any atom is 0.233 e. The fourth-order valence-electron chi connectivity index (χ4n) is 2.19. The van der Waals surface area contributed by atoms with Crippen LogP contribution in [-0.2, 0) is 24.9 Å². The Balaban J connectivity index is 1.94. The van der Waals surface area contributed by atoms with E-state index in [1.807, 2.05) is 44.9 Å². The lowest BCUT2D eigenvalue weighted by Gasteiger charge is -2.20. The summed E-state index contributed by atoms with van der Waals surface area (Å²) in [6, 6.07) is 8.25. The molecule has 7 heteroatoms. The first-order valence-corrected chi connectivity index (χ1v) is 8.38. The highest BCUT2D eigenvalue weighted by molar-refractivity contribution is 7.99. The molecule has 1 aromatic carbocycles. The van der Waals surface area contributed by atoms with Gasteiger partial charge >= 0.3 is 0 Å². The molecule has 0 saturated carbocycles. The molecule has 23 heavy (non-hydrogen) atoms.